The third-order valence-electron chi connectivity index (χ3n) is 7.98. The highest BCUT2D eigenvalue weighted by Crippen LogP contribution is 2.48. The summed E-state index contributed by atoms with van der Waals surface area (Å²) >= 11 is 0. The van der Waals surface area contributed by atoms with Crippen molar-refractivity contribution in [2.24, 2.45) is 11.8 Å². The Hall–Kier alpha value is -3.73. The summed E-state index contributed by atoms with van der Waals surface area (Å²) in [5.41, 5.74) is 7.29. The van der Waals surface area contributed by atoms with E-state index in [9.17, 15) is 14.4 Å². The zero-order valence-electron chi connectivity index (χ0n) is 22.4. The standard InChI is InChI=1S/C33H35NO4/c1-21(2)32(36)34-17-16-27-26(24-10-7-11-25(18-24)33(37)38-3)14-12-23(30(27)20-34)13-15-31(35)29-19-28(29)22-8-5-4-6-9-22/h4-12,14,18,21,28-29H,13,15-17,19-20H2,1-3H3. The number of amides is 1. The van der Waals surface area contributed by atoms with E-state index in [1.165, 1.54) is 18.2 Å². The number of hydrogen-bond acceptors (Lipinski definition) is 4. The Labute approximate surface area is 224 Å². The molecule has 2 atom stereocenters. The molecule has 196 valence electrons. The zero-order chi connectivity index (χ0) is 26.8. The van der Waals surface area contributed by atoms with Gasteiger partial charge < -0.3 is 9.64 Å². The van der Waals surface area contributed by atoms with Gasteiger partial charge in [0.25, 0.3) is 0 Å². The number of benzene rings is 3. The minimum atomic E-state index is -0.363. The van der Waals surface area contributed by atoms with Gasteiger partial charge in [-0.25, -0.2) is 4.79 Å². The molecule has 3 aromatic carbocycles. The van der Waals surface area contributed by atoms with E-state index < -0.39 is 0 Å². The van der Waals surface area contributed by atoms with E-state index in [1.54, 1.807) is 6.07 Å². The van der Waals surface area contributed by atoms with Gasteiger partial charge in [0, 0.05) is 31.3 Å². The third kappa shape index (κ3) is 5.28. The molecule has 5 nitrogen and oxygen atoms in total. The Bertz CT molecular complexity index is 1360. The maximum atomic E-state index is 13.1. The minimum Gasteiger partial charge on any atom is -0.465 e. The Morgan fingerprint density at radius 3 is 2.50 bits per heavy atom. The van der Waals surface area contributed by atoms with Gasteiger partial charge in [0.2, 0.25) is 5.91 Å². The molecule has 5 rings (SSSR count). The SMILES string of the molecule is COC(=O)c1cccc(-c2ccc(CCC(=O)C3CC3c3ccccc3)c3c2CCN(C(=O)C(C)C)C3)c1. The Kier molecular flexibility index (Phi) is 7.46. The Morgan fingerprint density at radius 2 is 1.76 bits per heavy atom. The van der Waals surface area contributed by atoms with Gasteiger partial charge >= 0.3 is 5.97 Å². The first kappa shape index (κ1) is 25.9. The lowest BCUT2D eigenvalue weighted by Crippen LogP contribution is -2.39. The number of fused-ring (bicyclic) bond motifs is 1. The maximum Gasteiger partial charge on any atom is 0.337 e. The Balaban J connectivity index is 1.41. The van der Waals surface area contributed by atoms with Crippen LogP contribution in [0.5, 0.6) is 0 Å². The molecular formula is C33H35NO4. The fraction of sp³-hybridized carbons (Fsp3) is 0.364. The van der Waals surface area contributed by atoms with Gasteiger partial charge in [-0.2, -0.15) is 0 Å². The molecule has 0 saturated heterocycles. The van der Waals surface area contributed by atoms with Gasteiger partial charge in [-0.15, -0.1) is 0 Å². The quantitative estimate of drug-likeness (QED) is 0.350. The number of rotatable bonds is 8. The van der Waals surface area contributed by atoms with Crippen molar-refractivity contribution < 1.29 is 19.1 Å². The van der Waals surface area contributed by atoms with Crippen LogP contribution in [0.3, 0.4) is 0 Å². The predicted octanol–water partition coefficient (Wildman–Crippen LogP) is 5.99. The molecule has 0 aromatic heterocycles. The molecule has 2 unspecified atom stereocenters. The average molecular weight is 510 g/mol. The molecule has 0 N–H and O–H groups in total. The summed E-state index contributed by atoms with van der Waals surface area (Å²) < 4.78 is 4.92. The molecule has 38 heavy (non-hydrogen) atoms. The largest absolute Gasteiger partial charge is 0.465 e. The van der Waals surface area contributed by atoms with Crippen LogP contribution in [0, 0.1) is 11.8 Å². The molecular weight excluding hydrogens is 474 g/mol. The molecule has 1 amide bonds. The lowest BCUT2D eigenvalue weighted by molar-refractivity contribution is -0.135. The van der Waals surface area contributed by atoms with E-state index in [2.05, 4.69) is 24.3 Å². The summed E-state index contributed by atoms with van der Waals surface area (Å²) in [7, 11) is 1.39. The number of ketones is 1. The third-order valence-corrected chi connectivity index (χ3v) is 7.98. The smallest absolute Gasteiger partial charge is 0.337 e. The second-order valence-electron chi connectivity index (χ2n) is 10.8. The van der Waals surface area contributed by atoms with Gasteiger partial charge in [0.1, 0.15) is 5.78 Å². The zero-order valence-corrected chi connectivity index (χ0v) is 22.4. The van der Waals surface area contributed by atoms with Crippen LogP contribution in [-0.2, 0) is 33.7 Å². The van der Waals surface area contributed by atoms with Crippen molar-refractivity contribution in [3.63, 3.8) is 0 Å². The van der Waals surface area contributed by atoms with Crippen molar-refractivity contribution in [3.05, 3.63) is 94.5 Å². The van der Waals surface area contributed by atoms with E-state index in [-0.39, 0.29) is 23.7 Å². The number of methoxy groups -OCH3 is 1. The van der Waals surface area contributed by atoms with Gasteiger partial charge in [0.05, 0.1) is 12.7 Å². The van der Waals surface area contributed by atoms with Crippen molar-refractivity contribution in [1.29, 1.82) is 0 Å². The number of hydrogen-bond donors (Lipinski definition) is 0. The molecule has 1 saturated carbocycles. The maximum absolute atomic E-state index is 13.1. The van der Waals surface area contributed by atoms with Gasteiger partial charge in [0.15, 0.2) is 0 Å². The predicted molar refractivity (Wildman–Crippen MR) is 148 cm³/mol. The number of aryl methyl sites for hydroxylation is 1. The first-order valence-electron chi connectivity index (χ1n) is 13.6. The molecule has 2 aliphatic rings. The molecule has 0 radical (unpaired) electrons. The van der Waals surface area contributed by atoms with Gasteiger partial charge in [-0.05, 0) is 70.7 Å². The summed E-state index contributed by atoms with van der Waals surface area (Å²) in [6.07, 6.45) is 2.86. The van der Waals surface area contributed by atoms with Crippen LogP contribution in [0.1, 0.15) is 65.2 Å². The highest BCUT2D eigenvalue weighted by atomic mass is 16.5. The highest BCUT2D eigenvalue weighted by molar-refractivity contribution is 5.91. The van der Waals surface area contributed by atoms with Crippen LogP contribution >= 0.6 is 0 Å². The van der Waals surface area contributed by atoms with Crippen LogP contribution in [0.25, 0.3) is 11.1 Å². The van der Waals surface area contributed by atoms with E-state index in [4.69, 9.17) is 4.74 Å². The van der Waals surface area contributed by atoms with Crippen molar-refractivity contribution in [2.75, 3.05) is 13.7 Å². The fourth-order valence-corrected chi connectivity index (χ4v) is 5.79. The molecule has 1 fully saturated rings. The molecule has 3 aromatic rings. The van der Waals surface area contributed by atoms with Crippen LogP contribution < -0.4 is 0 Å². The van der Waals surface area contributed by atoms with Crippen molar-refractivity contribution in [2.45, 2.75) is 52.0 Å². The number of carbonyl (C=O) groups excluding carboxylic acids is 3. The van der Waals surface area contributed by atoms with E-state index in [1.807, 2.05) is 55.1 Å². The van der Waals surface area contributed by atoms with E-state index in [0.717, 1.165) is 35.1 Å². The molecule has 5 heteroatoms. The van der Waals surface area contributed by atoms with E-state index in [0.29, 0.717) is 43.2 Å². The fourth-order valence-electron chi connectivity index (χ4n) is 5.79. The van der Waals surface area contributed by atoms with Crippen LogP contribution in [0.4, 0.5) is 0 Å². The number of Topliss-reactive ketones (excluding diaryl/α,β-unsaturated/α-hetero) is 1. The number of nitrogens with zero attached hydrogens (tertiary/aromatic N) is 1. The summed E-state index contributed by atoms with van der Waals surface area (Å²) in [6, 6.07) is 22.0. The summed E-state index contributed by atoms with van der Waals surface area (Å²) in [5, 5.41) is 0. The highest BCUT2D eigenvalue weighted by Gasteiger charge is 2.43. The summed E-state index contributed by atoms with van der Waals surface area (Å²) in [5.74, 6) is 0.520. The number of esters is 1. The lowest BCUT2D eigenvalue weighted by Gasteiger charge is -2.33. The summed E-state index contributed by atoms with van der Waals surface area (Å²) in [4.78, 5) is 40.1. The molecule has 0 spiro atoms. The first-order valence-corrected chi connectivity index (χ1v) is 13.6. The van der Waals surface area contributed by atoms with Crippen LogP contribution in [0.15, 0.2) is 66.7 Å². The topological polar surface area (TPSA) is 63.7 Å². The van der Waals surface area contributed by atoms with Crippen molar-refractivity contribution in [3.8, 4) is 11.1 Å². The van der Waals surface area contributed by atoms with E-state index >= 15 is 0 Å². The minimum absolute atomic E-state index is 0.0636. The second kappa shape index (κ2) is 10.9. The van der Waals surface area contributed by atoms with Gasteiger partial charge in [-0.1, -0.05) is 68.4 Å². The molecule has 0 bridgehead atoms. The average Bonchev–Trinajstić information content (AvgIpc) is 3.76. The number of carbonyl (C=O) groups is 3. The van der Waals surface area contributed by atoms with Crippen LogP contribution in [-0.4, -0.2) is 36.2 Å². The second-order valence-corrected chi connectivity index (χ2v) is 10.8. The van der Waals surface area contributed by atoms with Gasteiger partial charge in [-0.3, -0.25) is 9.59 Å². The molecule has 1 heterocycles. The molecule has 1 aliphatic carbocycles. The lowest BCUT2D eigenvalue weighted by atomic mass is 9.85. The first-order chi connectivity index (χ1) is 18.4. The van der Waals surface area contributed by atoms with Crippen LogP contribution in [0.2, 0.25) is 0 Å². The van der Waals surface area contributed by atoms with Crippen molar-refractivity contribution in [1.82, 2.24) is 4.90 Å². The molecule has 1 aliphatic heterocycles. The Morgan fingerprint density at radius 1 is 0.974 bits per heavy atom. The van der Waals surface area contributed by atoms with Crippen molar-refractivity contribution >= 4 is 17.7 Å². The number of ether oxygens (including phenoxy) is 1. The summed E-state index contributed by atoms with van der Waals surface area (Å²) in [6.45, 7) is 5.09. The normalized spacial score (nSPS) is 18.2. The monoisotopic (exact) mass is 509 g/mol.